The molecule has 0 aliphatic rings. The van der Waals surface area contributed by atoms with E-state index in [-0.39, 0.29) is 5.69 Å². The number of aromatic nitrogens is 1. The van der Waals surface area contributed by atoms with Crippen LogP contribution in [0.5, 0.6) is 0 Å². The van der Waals surface area contributed by atoms with Crippen LogP contribution in [0.15, 0.2) is 18.3 Å². The number of nitrogens with zero attached hydrogens (tertiary/aromatic N) is 1. The molecule has 0 amide bonds. The van der Waals surface area contributed by atoms with Crippen molar-refractivity contribution >= 4 is 11.7 Å². The summed E-state index contributed by atoms with van der Waals surface area (Å²) in [6, 6.07) is 3.03. The van der Waals surface area contributed by atoms with Crippen molar-refractivity contribution in [3.8, 4) is 0 Å². The third kappa shape index (κ3) is 3.95. The molecule has 1 heterocycles. The Morgan fingerprint density at radius 3 is 2.60 bits per heavy atom. The number of nitrogens with one attached hydrogen (secondary N) is 1. The van der Waals surface area contributed by atoms with E-state index in [2.05, 4.69) is 10.3 Å². The lowest BCUT2D eigenvalue weighted by Gasteiger charge is -2.18. The summed E-state index contributed by atoms with van der Waals surface area (Å²) in [5, 5.41) is 21.0. The Bertz CT molecular complexity index is 341. The molecule has 0 aromatic carbocycles. The van der Waals surface area contributed by atoms with Gasteiger partial charge in [-0.3, -0.25) is 0 Å². The highest BCUT2D eigenvalue weighted by atomic mass is 16.4. The number of aliphatic hydroxyl groups is 1. The maximum atomic E-state index is 10.5. The van der Waals surface area contributed by atoms with Gasteiger partial charge in [-0.05, 0) is 26.0 Å². The van der Waals surface area contributed by atoms with Gasteiger partial charge in [-0.25, -0.2) is 9.78 Å². The minimum atomic E-state index is -1.05. The summed E-state index contributed by atoms with van der Waals surface area (Å²) in [7, 11) is 0. The van der Waals surface area contributed by atoms with Crippen molar-refractivity contribution in [3.63, 3.8) is 0 Å². The quantitative estimate of drug-likeness (QED) is 0.689. The van der Waals surface area contributed by atoms with Crippen LogP contribution in [0, 0.1) is 0 Å². The summed E-state index contributed by atoms with van der Waals surface area (Å²) in [5.74, 6) is -1.05. The fourth-order valence-corrected chi connectivity index (χ4v) is 0.943. The first-order chi connectivity index (χ1) is 6.88. The molecule has 1 aromatic heterocycles. The molecular formula is C10H14N2O3. The molecule has 82 valence electrons. The zero-order valence-electron chi connectivity index (χ0n) is 8.69. The van der Waals surface area contributed by atoms with E-state index >= 15 is 0 Å². The van der Waals surface area contributed by atoms with E-state index in [0.717, 1.165) is 0 Å². The molecule has 0 bridgehead atoms. The molecule has 0 fully saturated rings. The third-order valence-electron chi connectivity index (χ3n) is 1.71. The van der Waals surface area contributed by atoms with E-state index in [1.165, 1.54) is 12.3 Å². The lowest BCUT2D eigenvalue weighted by molar-refractivity contribution is 0.0690. The number of carboxylic acids is 1. The van der Waals surface area contributed by atoms with E-state index in [1.54, 1.807) is 19.9 Å². The van der Waals surface area contributed by atoms with Gasteiger partial charge in [-0.15, -0.1) is 0 Å². The SMILES string of the molecule is CC(C)(O)CNc1ccc(C(=O)O)nc1. The Labute approximate surface area is 87.8 Å². The molecule has 0 saturated carbocycles. The number of carboxylic acid groups (broad SMARTS) is 1. The van der Waals surface area contributed by atoms with Crippen LogP contribution in [0.1, 0.15) is 24.3 Å². The highest BCUT2D eigenvalue weighted by Crippen LogP contribution is 2.08. The molecule has 15 heavy (non-hydrogen) atoms. The predicted molar refractivity (Wildman–Crippen MR) is 56.0 cm³/mol. The third-order valence-corrected chi connectivity index (χ3v) is 1.71. The van der Waals surface area contributed by atoms with Gasteiger partial charge in [-0.1, -0.05) is 0 Å². The Hall–Kier alpha value is -1.62. The van der Waals surface area contributed by atoms with Crippen LogP contribution in [-0.4, -0.2) is 33.3 Å². The number of anilines is 1. The van der Waals surface area contributed by atoms with Crippen molar-refractivity contribution in [2.24, 2.45) is 0 Å². The van der Waals surface area contributed by atoms with Gasteiger partial charge in [-0.2, -0.15) is 0 Å². The van der Waals surface area contributed by atoms with Crippen molar-refractivity contribution in [2.45, 2.75) is 19.4 Å². The van der Waals surface area contributed by atoms with Crippen LogP contribution in [0.4, 0.5) is 5.69 Å². The molecule has 5 heteroatoms. The number of hydrogen-bond donors (Lipinski definition) is 3. The zero-order valence-corrected chi connectivity index (χ0v) is 8.69. The van der Waals surface area contributed by atoms with Gasteiger partial charge in [0.15, 0.2) is 0 Å². The number of rotatable bonds is 4. The maximum Gasteiger partial charge on any atom is 0.354 e. The summed E-state index contributed by atoms with van der Waals surface area (Å²) in [4.78, 5) is 14.2. The van der Waals surface area contributed by atoms with Gasteiger partial charge in [0.25, 0.3) is 0 Å². The van der Waals surface area contributed by atoms with Gasteiger partial charge < -0.3 is 15.5 Å². The normalized spacial score (nSPS) is 11.1. The molecule has 3 N–H and O–H groups in total. The average Bonchev–Trinajstić information content (AvgIpc) is 2.14. The first-order valence-electron chi connectivity index (χ1n) is 4.54. The second-order valence-corrected chi connectivity index (χ2v) is 3.90. The van der Waals surface area contributed by atoms with E-state index < -0.39 is 11.6 Å². The first-order valence-corrected chi connectivity index (χ1v) is 4.54. The van der Waals surface area contributed by atoms with Crippen LogP contribution in [0.3, 0.4) is 0 Å². The molecule has 0 saturated heterocycles. The Kier molecular flexibility index (Phi) is 3.26. The molecule has 5 nitrogen and oxygen atoms in total. The van der Waals surface area contributed by atoms with E-state index in [9.17, 15) is 9.90 Å². The predicted octanol–water partition coefficient (Wildman–Crippen LogP) is 0.963. The molecule has 0 aliphatic carbocycles. The summed E-state index contributed by atoms with van der Waals surface area (Å²) in [6.07, 6.45) is 1.43. The van der Waals surface area contributed by atoms with Gasteiger partial charge in [0, 0.05) is 6.54 Å². The van der Waals surface area contributed by atoms with Crippen LogP contribution in [0.25, 0.3) is 0 Å². The lowest BCUT2D eigenvalue weighted by Crippen LogP contribution is -2.29. The van der Waals surface area contributed by atoms with Gasteiger partial charge in [0.1, 0.15) is 5.69 Å². The highest BCUT2D eigenvalue weighted by molar-refractivity contribution is 5.85. The van der Waals surface area contributed by atoms with Gasteiger partial charge in [0.2, 0.25) is 0 Å². The molecule has 1 rings (SSSR count). The molecule has 1 aromatic rings. The summed E-state index contributed by atoms with van der Waals surface area (Å²) < 4.78 is 0. The number of carbonyl (C=O) groups is 1. The smallest absolute Gasteiger partial charge is 0.354 e. The Morgan fingerprint density at radius 1 is 1.53 bits per heavy atom. The first kappa shape index (κ1) is 11.5. The minimum absolute atomic E-state index is 0.00353. The number of pyridine rings is 1. The molecule has 0 unspecified atom stereocenters. The molecule has 0 aliphatic heterocycles. The second kappa shape index (κ2) is 4.27. The lowest BCUT2D eigenvalue weighted by atomic mass is 10.1. The number of hydrogen-bond acceptors (Lipinski definition) is 4. The zero-order chi connectivity index (χ0) is 11.5. The van der Waals surface area contributed by atoms with Crippen LogP contribution < -0.4 is 5.32 Å². The second-order valence-electron chi connectivity index (χ2n) is 3.90. The van der Waals surface area contributed by atoms with E-state index in [1.807, 2.05) is 0 Å². The van der Waals surface area contributed by atoms with Crippen molar-refractivity contribution in [2.75, 3.05) is 11.9 Å². The number of aromatic carboxylic acids is 1. The van der Waals surface area contributed by atoms with Crippen LogP contribution in [-0.2, 0) is 0 Å². The molecule has 0 atom stereocenters. The maximum absolute atomic E-state index is 10.5. The van der Waals surface area contributed by atoms with Gasteiger partial charge >= 0.3 is 5.97 Å². The largest absolute Gasteiger partial charge is 0.477 e. The molecule has 0 radical (unpaired) electrons. The average molecular weight is 210 g/mol. The Balaban J connectivity index is 2.61. The van der Waals surface area contributed by atoms with Crippen molar-refractivity contribution in [3.05, 3.63) is 24.0 Å². The van der Waals surface area contributed by atoms with E-state index in [0.29, 0.717) is 12.2 Å². The molecular weight excluding hydrogens is 196 g/mol. The van der Waals surface area contributed by atoms with Crippen molar-refractivity contribution in [1.82, 2.24) is 4.98 Å². The van der Waals surface area contributed by atoms with Crippen molar-refractivity contribution < 1.29 is 15.0 Å². The Morgan fingerprint density at radius 2 is 2.20 bits per heavy atom. The summed E-state index contributed by atoms with van der Waals surface area (Å²) in [6.45, 7) is 3.74. The highest BCUT2D eigenvalue weighted by Gasteiger charge is 2.11. The fourth-order valence-electron chi connectivity index (χ4n) is 0.943. The minimum Gasteiger partial charge on any atom is -0.477 e. The monoisotopic (exact) mass is 210 g/mol. The fraction of sp³-hybridized carbons (Fsp3) is 0.400. The summed E-state index contributed by atoms with van der Waals surface area (Å²) in [5.41, 5.74) is -0.128. The summed E-state index contributed by atoms with van der Waals surface area (Å²) >= 11 is 0. The molecule has 0 spiro atoms. The van der Waals surface area contributed by atoms with Crippen LogP contribution in [0.2, 0.25) is 0 Å². The van der Waals surface area contributed by atoms with Crippen LogP contribution >= 0.6 is 0 Å². The van der Waals surface area contributed by atoms with Gasteiger partial charge in [0.05, 0.1) is 17.5 Å². The van der Waals surface area contributed by atoms with E-state index in [4.69, 9.17) is 5.11 Å². The van der Waals surface area contributed by atoms with Crippen molar-refractivity contribution in [1.29, 1.82) is 0 Å². The standard InChI is InChI=1S/C10H14N2O3/c1-10(2,15)6-12-7-3-4-8(9(13)14)11-5-7/h3-5,12,15H,6H2,1-2H3,(H,13,14). The topological polar surface area (TPSA) is 82.5 Å².